The van der Waals surface area contributed by atoms with E-state index in [1.807, 2.05) is 48.5 Å². The van der Waals surface area contributed by atoms with Gasteiger partial charge in [0.15, 0.2) is 0 Å². The predicted octanol–water partition coefficient (Wildman–Crippen LogP) is 5.13. The number of alkyl carbamates (subject to hydrolysis) is 1. The van der Waals surface area contributed by atoms with Crippen LogP contribution in [0.15, 0.2) is 48.5 Å². The summed E-state index contributed by atoms with van der Waals surface area (Å²) >= 11 is 0. The number of rotatable bonds is 7. The minimum atomic E-state index is -1.17. The highest BCUT2D eigenvalue weighted by Gasteiger charge is 2.44. The van der Waals surface area contributed by atoms with Crippen LogP contribution in [0.2, 0.25) is 0 Å². The zero-order chi connectivity index (χ0) is 27.7. The van der Waals surface area contributed by atoms with E-state index < -0.39 is 41.6 Å². The van der Waals surface area contributed by atoms with E-state index in [1.165, 1.54) is 4.90 Å². The predicted molar refractivity (Wildman–Crippen MR) is 141 cm³/mol. The summed E-state index contributed by atoms with van der Waals surface area (Å²) in [4.78, 5) is 38.6. The lowest BCUT2D eigenvalue weighted by Gasteiger charge is -2.31. The lowest BCUT2D eigenvalue weighted by molar-refractivity contribution is -0.139. The molecule has 2 amide bonds. The highest BCUT2D eigenvalue weighted by Crippen LogP contribution is 2.44. The first-order valence-corrected chi connectivity index (χ1v) is 12.9. The van der Waals surface area contributed by atoms with Crippen molar-refractivity contribution in [2.45, 2.75) is 76.9 Å². The van der Waals surface area contributed by atoms with E-state index in [4.69, 9.17) is 14.2 Å². The van der Waals surface area contributed by atoms with Crippen LogP contribution >= 0.6 is 0 Å². The Bertz CT molecular complexity index is 1160. The van der Waals surface area contributed by atoms with Crippen molar-refractivity contribution in [3.05, 3.63) is 59.7 Å². The number of amides is 2. The van der Waals surface area contributed by atoms with Crippen molar-refractivity contribution in [2.24, 2.45) is 0 Å². The van der Waals surface area contributed by atoms with Gasteiger partial charge < -0.3 is 24.6 Å². The average Bonchev–Trinajstić information content (AvgIpc) is 3.32. The summed E-state index contributed by atoms with van der Waals surface area (Å²) < 4.78 is 17.0. The number of carbonyl (C=O) groups excluding carboxylic acids is 2. The van der Waals surface area contributed by atoms with Gasteiger partial charge in [0.05, 0.1) is 12.6 Å². The van der Waals surface area contributed by atoms with E-state index in [0.29, 0.717) is 6.42 Å². The Labute approximate surface area is 223 Å². The van der Waals surface area contributed by atoms with Crippen LogP contribution in [0.25, 0.3) is 11.1 Å². The molecule has 0 saturated carbocycles. The fourth-order valence-electron chi connectivity index (χ4n) is 5.09. The molecule has 1 fully saturated rings. The van der Waals surface area contributed by atoms with Crippen molar-refractivity contribution in [1.29, 1.82) is 0 Å². The zero-order valence-corrected chi connectivity index (χ0v) is 22.5. The minimum Gasteiger partial charge on any atom is -0.480 e. The number of aliphatic carboxylic acids is 1. The first-order chi connectivity index (χ1) is 17.9. The Morgan fingerprint density at radius 1 is 1.08 bits per heavy atom. The second-order valence-corrected chi connectivity index (χ2v) is 11.2. The Morgan fingerprint density at radius 2 is 1.66 bits per heavy atom. The van der Waals surface area contributed by atoms with Crippen molar-refractivity contribution in [3.8, 4) is 11.1 Å². The van der Waals surface area contributed by atoms with Gasteiger partial charge in [-0.3, -0.25) is 4.90 Å². The Hall–Kier alpha value is -3.59. The SMILES string of the molecule is CC(C)(C)OC(=O)N1CC(CCC(NC(=O)OCC2c3ccccc3-c3ccccc32)C(=O)O)OC1(C)C. The third-order valence-corrected chi connectivity index (χ3v) is 6.82. The molecule has 0 spiro atoms. The van der Waals surface area contributed by atoms with E-state index in [0.717, 1.165) is 22.3 Å². The topological polar surface area (TPSA) is 114 Å². The van der Waals surface area contributed by atoms with E-state index >= 15 is 0 Å². The third kappa shape index (κ3) is 6.10. The summed E-state index contributed by atoms with van der Waals surface area (Å²) in [5, 5.41) is 12.2. The molecule has 9 heteroatoms. The number of fused-ring (bicyclic) bond motifs is 3. The molecule has 9 nitrogen and oxygen atoms in total. The lowest BCUT2D eigenvalue weighted by atomic mass is 9.98. The summed E-state index contributed by atoms with van der Waals surface area (Å²) in [5.74, 6) is -1.29. The molecular formula is C29H36N2O7. The largest absolute Gasteiger partial charge is 0.480 e. The van der Waals surface area contributed by atoms with Gasteiger partial charge in [0.1, 0.15) is 24.0 Å². The molecule has 2 aromatic carbocycles. The van der Waals surface area contributed by atoms with Gasteiger partial charge in [0, 0.05) is 5.92 Å². The van der Waals surface area contributed by atoms with Crippen molar-refractivity contribution in [2.75, 3.05) is 13.2 Å². The number of carbonyl (C=O) groups is 3. The summed E-state index contributed by atoms with van der Waals surface area (Å²) in [6.45, 7) is 9.26. The van der Waals surface area contributed by atoms with Gasteiger partial charge in [-0.05, 0) is 69.7 Å². The molecule has 1 aliphatic carbocycles. The van der Waals surface area contributed by atoms with Gasteiger partial charge in [-0.25, -0.2) is 14.4 Å². The molecule has 38 heavy (non-hydrogen) atoms. The molecule has 2 aromatic rings. The number of ether oxygens (including phenoxy) is 3. The summed E-state index contributed by atoms with van der Waals surface area (Å²) in [7, 11) is 0. The molecule has 0 aromatic heterocycles. The molecule has 2 aliphatic rings. The van der Waals surface area contributed by atoms with Crippen molar-refractivity contribution in [3.63, 3.8) is 0 Å². The minimum absolute atomic E-state index is 0.0942. The molecule has 0 radical (unpaired) electrons. The monoisotopic (exact) mass is 524 g/mol. The van der Waals surface area contributed by atoms with Crippen LogP contribution in [0.1, 0.15) is 64.5 Å². The molecule has 2 unspecified atom stereocenters. The molecule has 1 saturated heterocycles. The van der Waals surface area contributed by atoms with Gasteiger partial charge in [-0.15, -0.1) is 0 Å². The maximum Gasteiger partial charge on any atom is 0.412 e. The highest BCUT2D eigenvalue weighted by molar-refractivity contribution is 5.81. The number of hydrogen-bond donors (Lipinski definition) is 2. The first-order valence-electron chi connectivity index (χ1n) is 12.9. The summed E-state index contributed by atoms with van der Waals surface area (Å²) in [6.07, 6.45) is -1.24. The lowest BCUT2D eigenvalue weighted by Crippen LogP contribution is -2.46. The quantitative estimate of drug-likeness (QED) is 0.516. The molecule has 1 heterocycles. The second kappa shape index (κ2) is 10.6. The number of benzene rings is 2. The van der Waals surface area contributed by atoms with Gasteiger partial charge in [0.2, 0.25) is 0 Å². The molecule has 2 N–H and O–H groups in total. The van der Waals surface area contributed by atoms with Gasteiger partial charge >= 0.3 is 18.2 Å². The van der Waals surface area contributed by atoms with Crippen molar-refractivity contribution in [1.82, 2.24) is 10.2 Å². The van der Waals surface area contributed by atoms with Crippen molar-refractivity contribution < 1.29 is 33.7 Å². The number of hydrogen-bond acceptors (Lipinski definition) is 6. The van der Waals surface area contributed by atoms with E-state index in [2.05, 4.69) is 5.32 Å². The molecule has 1 aliphatic heterocycles. The maximum absolute atomic E-state index is 12.6. The third-order valence-electron chi connectivity index (χ3n) is 6.82. The average molecular weight is 525 g/mol. The molecule has 4 rings (SSSR count). The van der Waals surface area contributed by atoms with E-state index in [9.17, 15) is 19.5 Å². The summed E-state index contributed by atoms with van der Waals surface area (Å²) in [5.41, 5.74) is 2.83. The Kier molecular flexibility index (Phi) is 7.69. The van der Waals surface area contributed by atoms with Crippen LogP contribution in [0, 0.1) is 0 Å². The molecule has 2 atom stereocenters. The normalized spacial score (nSPS) is 18.9. The fraction of sp³-hybridized carbons (Fsp3) is 0.483. The van der Waals surface area contributed by atoms with E-state index in [1.54, 1.807) is 34.6 Å². The number of carboxylic acids is 1. The standard InChI is InChI=1S/C29H36N2O7/c1-28(2,3)38-27(35)31-16-18(37-29(31,4)5)14-15-24(25(32)33)30-26(34)36-17-23-21-12-8-6-10-19(21)20-11-7-9-13-22(20)23/h6-13,18,23-24H,14-17H2,1-5H3,(H,30,34)(H,32,33). The maximum atomic E-state index is 12.6. The Morgan fingerprint density at radius 3 is 2.21 bits per heavy atom. The molecule has 204 valence electrons. The van der Waals surface area contributed by atoms with Gasteiger partial charge in [0.25, 0.3) is 0 Å². The highest BCUT2D eigenvalue weighted by atomic mass is 16.6. The number of carboxylic acid groups (broad SMARTS) is 1. The second-order valence-electron chi connectivity index (χ2n) is 11.2. The van der Waals surface area contributed by atoms with Crippen LogP contribution in [-0.4, -0.2) is 64.8 Å². The smallest absolute Gasteiger partial charge is 0.412 e. The van der Waals surface area contributed by atoms with Crippen LogP contribution in [0.4, 0.5) is 9.59 Å². The van der Waals surface area contributed by atoms with Crippen LogP contribution in [0.5, 0.6) is 0 Å². The zero-order valence-electron chi connectivity index (χ0n) is 22.5. The molecule has 0 bridgehead atoms. The number of nitrogens with zero attached hydrogens (tertiary/aromatic N) is 1. The fourth-order valence-corrected chi connectivity index (χ4v) is 5.09. The van der Waals surface area contributed by atoms with Gasteiger partial charge in [-0.1, -0.05) is 48.5 Å². The van der Waals surface area contributed by atoms with Crippen LogP contribution in [-0.2, 0) is 19.0 Å². The van der Waals surface area contributed by atoms with Crippen LogP contribution in [0.3, 0.4) is 0 Å². The first kappa shape index (κ1) is 27.4. The molecular weight excluding hydrogens is 488 g/mol. The van der Waals surface area contributed by atoms with Crippen LogP contribution < -0.4 is 5.32 Å². The number of nitrogens with one attached hydrogen (secondary N) is 1. The Balaban J connectivity index is 1.32. The van der Waals surface area contributed by atoms with Crippen molar-refractivity contribution >= 4 is 18.2 Å². The summed E-state index contributed by atoms with van der Waals surface area (Å²) in [6, 6.07) is 14.8. The van der Waals surface area contributed by atoms with E-state index in [-0.39, 0.29) is 25.5 Å². The van der Waals surface area contributed by atoms with Gasteiger partial charge in [-0.2, -0.15) is 0 Å².